The Hall–Kier alpha value is -1.39. The lowest BCUT2D eigenvalue weighted by molar-refractivity contribution is -0.147. The highest BCUT2D eigenvalue weighted by molar-refractivity contribution is 5.85. The van der Waals surface area contributed by atoms with E-state index in [1.165, 1.54) is 14.0 Å². The van der Waals surface area contributed by atoms with Gasteiger partial charge in [-0.2, -0.15) is 0 Å². The molecule has 0 bridgehead atoms. The van der Waals surface area contributed by atoms with Gasteiger partial charge in [0.15, 0.2) is 0 Å². The highest BCUT2D eigenvalue weighted by Crippen LogP contribution is 2.29. The second-order valence-corrected chi connectivity index (χ2v) is 4.49. The zero-order valence-electron chi connectivity index (χ0n) is 10.3. The van der Waals surface area contributed by atoms with Crippen LogP contribution in [0.5, 0.6) is 0 Å². The summed E-state index contributed by atoms with van der Waals surface area (Å²) in [5.41, 5.74) is 0. The summed E-state index contributed by atoms with van der Waals surface area (Å²) in [6.45, 7) is 1.53. The zero-order valence-corrected chi connectivity index (χ0v) is 10.3. The molecule has 0 unspecified atom stereocenters. The van der Waals surface area contributed by atoms with Crippen LogP contribution in [0.25, 0.3) is 0 Å². The molecule has 1 aliphatic rings. The first-order chi connectivity index (χ1) is 8.04. The molecule has 1 aliphatic carbocycles. The Morgan fingerprint density at radius 3 is 2.12 bits per heavy atom. The molecule has 0 aromatic carbocycles. The number of nitrogens with one attached hydrogen (secondary N) is 1. The van der Waals surface area contributed by atoms with Gasteiger partial charge in [-0.3, -0.25) is 14.4 Å². The maximum atomic E-state index is 11.7. The van der Waals surface area contributed by atoms with Crippen LogP contribution in [0.2, 0.25) is 0 Å². The molecule has 0 heterocycles. The molecule has 1 N–H and O–H groups in total. The number of ketones is 1. The SMILES string of the molecule is COC(=O)[C@H]1CC[C@H](C(=O)NCC(C)=O)CC1. The van der Waals surface area contributed by atoms with Crippen molar-refractivity contribution in [3.8, 4) is 0 Å². The molecule has 0 spiro atoms. The van der Waals surface area contributed by atoms with Gasteiger partial charge >= 0.3 is 5.97 Å². The summed E-state index contributed by atoms with van der Waals surface area (Å²) in [7, 11) is 1.38. The maximum Gasteiger partial charge on any atom is 0.308 e. The van der Waals surface area contributed by atoms with Gasteiger partial charge in [-0.1, -0.05) is 0 Å². The van der Waals surface area contributed by atoms with Crippen LogP contribution in [0.4, 0.5) is 0 Å². The Morgan fingerprint density at radius 1 is 1.12 bits per heavy atom. The third kappa shape index (κ3) is 4.17. The van der Waals surface area contributed by atoms with Crippen molar-refractivity contribution in [2.75, 3.05) is 13.7 Å². The van der Waals surface area contributed by atoms with E-state index in [9.17, 15) is 14.4 Å². The van der Waals surface area contributed by atoms with Crippen molar-refractivity contribution < 1.29 is 19.1 Å². The summed E-state index contributed by atoms with van der Waals surface area (Å²) in [6.07, 6.45) is 2.74. The molecule has 0 aromatic heterocycles. The molecule has 0 saturated heterocycles. The highest BCUT2D eigenvalue weighted by atomic mass is 16.5. The van der Waals surface area contributed by atoms with E-state index in [0.29, 0.717) is 25.7 Å². The molecule has 5 nitrogen and oxygen atoms in total. The third-order valence-corrected chi connectivity index (χ3v) is 3.14. The summed E-state index contributed by atoms with van der Waals surface area (Å²) >= 11 is 0. The third-order valence-electron chi connectivity index (χ3n) is 3.14. The van der Waals surface area contributed by atoms with Crippen LogP contribution in [0, 0.1) is 11.8 Å². The molecule has 0 radical (unpaired) electrons. The Balaban J connectivity index is 2.33. The summed E-state index contributed by atoms with van der Waals surface area (Å²) in [5.74, 6) is -0.468. The van der Waals surface area contributed by atoms with E-state index >= 15 is 0 Å². The number of hydrogen-bond acceptors (Lipinski definition) is 4. The number of methoxy groups -OCH3 is 1. The zero-order chi connectivity index (χ0) is 12.8. The van der Waals surface area contributed by atoms with Gasteiger partial charge in [0.2, 0.25) is 5.91 Å². The van der Waals surface area contributed by atoms with Crippen molar-refractivity contribution in [3.63, 3.8) is 0 Å². The molecule has 0 aliphatic heterocycles. The van der Waals surface area contributed by atoms with E-state index in [4.69, 9.17) is 0 Å². The summed E-state index contributed by atoms with van der Waals surface area (Å²) in [4.78, 5) is 33.7. The van der Waals surface area contributed by atoms with Gasteiger partial charge in [-0.05, 0) is 32.6 Å². The Kier molecular flexibility index (Phi) is 5.12. The number of hydrogen-bond donors (Lipinski definition) is 1. The topological polar surface area (TPSA) is 72.5 Å². The quantitative estimate of drug-likeness (QED) is 0.734. The van der Waals surface area contributed by atoms with E-state index in [0.717, 1.165) is 0 Å². The van der Waals surface area contributed by atoms with E-state index < -0.39 is 0 Å². The Morgan fingerprint density at radius 2 is 1.65 bits per heavy atom. The van der Waals surface area contributed by atoms with Gasteiger partial charge < -0.3 is 10.1 Å². The second-order valence-electron chi connectivity index (χ2n) is 4.49. The molecular formula is C12H19NO4. The average Bonchev–Trinajstić information content (AvgIpc) is 2.35. The van der Waals surface area contributed by atoms with Crippen LogP contribution in [0.15, 0.2) is 0 Å². The minimum absolute atomic E-state index is 0.0541. The van der Waals surface area contributed by atoms with E-state index in [-0.39, 0.29) is 36.0 Å². The van der Waals surface area contributed by atoms with E-state index in [1.54, 1.807) is 0 Å². The number of esters is 1. The number of carbonyl (C=O) groups is 3. The molecule has 0 aromatic rings. The van der Waals surface area contributed by atoms with Crippen molar-refractivity contribution in [3.05, 3.63) is 0 Å². The van der Waals surface area contributed by atoms with Gasteiger partial charge in [0.05, 0.1) is 19.6 Å². The van der Waals surface area contributed by atoms with Gasteiger partial charge in [0.1, 0.15) is 5.78 Å². The predicted molar refractivity (Wildman–Crippen MR) is 61.2 cm³/mol. The Bertz CT molecular complexity index is 306. The minimum Gasteiger partial charge on any atom is -0.469 e. The van der Waals surface area contributed by atoms with Crippen LogP contribution in [0.3, 0.4) is 0 Å². The molecule has 0 atom stereocenters. The fourth-order valence-corrected chi connectivity index (χ4v) is 2.11. The number of ether oxygens (including phenoxy) is 1. The number of carbonyl (C=O) groups excluding carboxylic acids is 3. The molecule has 1 fully saturated rings. The summed E-state index contributed by atoms with van der Waals surface area (Å²) < 4.78 is 4.68. The van der Waals surface area contributed by atoms with Crippen LogP contribution < -0.4 is 5.32 Å². The van der Waals surface area contributed by atoms with Crippen molar-refractivity contribution in [1.29, 1.82) is 0 Å². The first-order valence-corrected chi connectivity index (χ1v) is 5.89. The number of rotatable bonds is 4. The van der Waals surface area contributed by atoms with Gasteiger partial charge in [0.25, 0.3) is 0 Å². The van der Waals surface area contributed by atoms with Crippen molar-refractivity contribution >= 4 is 17.7 Å². The smallest absolute Gasteiger partial charge is 0.308 e. The highest BCUT2D eigenvalue weighted by Gasteiger charge is 2.30. The fourth-order valence-electron chi connectivity index (χ4n) is 2.11. The predicted octanol–water partition coefficient (Wildman–Crippen LogP) is 0.671. The van der Waals surface area contributed by atoms with E-state index in [1.807, 2.05) is 0 Å². The van der Waals surface area contributed by atoms with Crippen molar-refractivity contribution in [1.82, 2.24) is 5.32 Å². The molecule has 1 saturated carbocycles. The molecule has 96 valence electrons. The standard InChI is InChI=1S/C12H19NO4/c1-8(14)7-13-11(15)9-3-5-10(6-4-9)12(16)17-2/h9-10H,3-7H2,1-2H3,(H,13,15)/t9-,10-. The maximum absolute atomic E-state index is 11.7. The lowest BCUT2D eigenvalue weighted by Gasteiger charge is -2.25. The van der Waals surface area contributed by atoms with Gasteiger partial charge in [0, 0.05) is 5.92 Å². The van der Waals surface area contributed by atoms with Crippen LogP contribution in [-0.4, -0.2) is 31.3 Å². The second kappa shape index (κ2) is 6.37. The average molecular weight is 241 g/mol. The molecule has 5 heteroatoms. The van der Waals surface area contributed by atoms with Gasteiger partial charge in [-0.25, -0.2) is 0 Å². The van der Waals surface area contributed by atoms with Crippen molar-refractivity contribution in [2.45, 2.75) is 32.6 Å². The molecule has 1 rings (SSSR count). The number of Topliss-reactive ketones (excluding diaryl/α,β-unsaturated/α-hetero) is 1. The number of amides is 1. The molecule has 17 heavy (non-hydrogen) atoms. The lowest BCUT2D eigenvalue weighted by Crippen LogP contribution is -2.36. The minimum atomic E-state index is -0.187. The largest absolute Gasteiger partial charge is 0.469 e. The molecule has 1 amide bonds. The van der Waals surface area contributed by atoms with Crippen LogP contribution in [0.1, 0.15) is 32.6 Å². The lowest BCUT2D eigenvalue weighted by atomic mass is 9.81. The normalized spacial score (nSPS) is 23.9. The van der Waals surface area contributed by atoms with Crippen LogP contribution >= 0.6 is 0 Å². The Labute approximate surface area is 101 Å². The summed E-state index contributed by atoms with van der Waals surface area (Å²) in [6, 6.07) is 0. The molecular weight excluding hydrogens is 222 g/mol. The van der Waals surface area contributed by atoms with E-state index in [2.05, 4.69) is 10.1 Å². The van der Waals surface area contributed by atoms with Crippen LogP contribution in [-0.2, 0) is 19.1 Å². The first kappa shape index (κ1) is 13.7. The monoisotopic (exact) mass is 241 g/mol. The first-order valence-electron chi connectivity index (χ1n) is 5.89. The van der Waals surface area contributed by atoms with Crippen molar-refractivity contribution in [2.24, 2.45) is 11.8 Å². The fraction of sp³-hybridized carbons (Fsp3) is 0.750. The van der Waals surface area contributed by atoms with Gasteiger partial charge in [-0.15, -0.1) is 0 Å². The summed E-state index contributed by atoms with van der Waals surface area (Å²) in [5, 5.41) is 2.61.